The van der Waals surface area contributed by atoms with Crippen molar-refractivity contribution in [1.29, 1.82) is 0 Å². The number of nitrogens with zero attached hydrogens (tertiary/aromatic N) is 4. The molecule has 132 valence electrons. The van der Waals surface area contributed by atoms with Gasteiger partial charge in [0.15, 0.2) is 0 Å². The second kappa shape index (κ2) is 6.98. The summed E-state index contributed by atoms with van der Waals surface area (Å²) in [6, 6.07) is 2.96. The van der Waals surface area contributed by atoms with Gasteiger partial charge in [-0.2, -0.15) is 5.10 Å². The molecule has 0 saturated carbocycles. The average molecular weight is 348 g/mol. The van der Waals surface area contributed by atoms with Crippen molar-refractivity contribution in [1.82, 2.24) is 14.7 Å². The predicted octanol–water partition coefficient (Wildman–Crippen LogP) is 1.78. The molecule has 1 atom stereocenters. The van der Waals surface area contributed by atoms with Crippen LogP contribution in [0.2, 0.25) is 0 Å². The monoisotopic (exact) mass is 348 g/mol. The number of nitro groups is 1. The van der Waals surface area contributed by atoms with Gasteiger partial charge in [-0.3, -0.25) is 19.6 Å². The highest BCUT2D eigenvalue weighted by molar-refractivity contribution is 5.98. The zero-order chi connectivity index (χ0) is 18.0. The molecule has 8 nitrogen and oxygen atoms in total. The number of ether oxygens (including phenoxy) is 1. The molecule has 9 heteroatoms. The Labute approximate surface area is 142 Å². The van der Waals surface area contributed by atoms with Gasteiger partial charge in [-0.05, 0) is 24.6 Å². The number of carbonyl (C=O) groups excluding carboxylic acids is 1. The van der Waals surface area contributed by atoms with E-state index in [2.05, 4.69) is 5.10 Å². The van der Waals surface area contributed by atoms with E-state index in [4.69, 9.17) is 4.74 Å². The van der Waals surface area contributed by atoms with Crippen LogP contribution in [0.5, 0.6) is 0 Å². The molecule has 2 aromatic rings. The van der Waals surface area contributed by atoms with Crippen LogP contribution in [-0.4, -0.2) is 51.3 Å². The Morgan fingerprint density at radius 1 is 1.52 bits per heavy atom. The first kappa shape index (κ1) is 17.0. The molecule has 1 aliphatic heterocycles. The van der Waals surface area contributed by atoms with Crippen LogP contribution >= 0.6 is 0 Å². The van der Waals surface area contributed by atoms with Gasteiger partial charge in [-0.25, -0.2) is 4.39 Å². The van der Waals surface area contributed by atoms with Crippen molar-refractivity contribution < 1.29 is 18.8 Å². The fourth-order valence-corrected chi connectivity index (χ4v) is 2.80. The first-order chi connectivity index (χ1) is 11.9. The number of hydrogen-bond acceptors (Lipinski definition) is 5. The van der Waals surface area contributed by atoms with Crippen molar-refractivity contribution in [3.05, 3.63) is 57.7 Å². The Balaban J connectivity index is 1.75. The highest BCUT2D eigenvalue weighted by atomic mass is 19.1. The second-order valence-electron chi connectivity index (χ2n) is 5.90. The van der Waals surface area contributed by atoms with Crippen LogP contribution in [0.4, 0.5) is 10.1 Å². The Morgan fingerprint density at radius 3 is 3.00 bits per heavy atom. The van der Waals surface area contributed by atoms with E-state index in [0.717, 1.165) is 23.8 Å². The van der Waals surface area contributed by atoms with Gasteiger partial charge in [0.25, 0.3) is 11.6 Å². The molecule has 1 aliphatic rings. The number of benzene rings is 1. The number of rotatable bonds is 4. The van der Waals surface area contributed by atoms with Crippen LogP contribution in [0.25, 0.3) is 0 Å². The van der Waals surface area contributed by atoms with E-state index in [-0.39, 0.29) is 18.2 Å². The molecule has 0 N–H and O–H groups in total. The molecule has 2 heterocycles. The lowest BCUT2D eigenvalue weighted by atomic mass is 10.1. The highest BCUT2D eigenvalue weighted by Crippen LogP contribution is 2.22. The summed E-state index contributed by atoms with van der Waals surface area (Å²) in [5.41, 5.74) is 0.364. The summed E-state index contributed by atoms with van der Waals surface area (Å²) in [5.74, 6) is -1.26. The molecule has 1 aromatic carbocycles. The summed E-state index contributed by atoms with van der Waals surface area (Å²) in [4.78, 5) is 24.5. The summed E-state index contributed by atoms with van der Waals surface area (Å²) in [5, 5.41) is 15.3. The lowest BCUT2D eigenvalue weighted by Crippen LogP contribution is -2.47. The molecule has 0 aliphatic carbocycles. The van der Waals surface area contributed by atoms with Crippen LogP contribution in [0, 0.1) is 22.9 Å². The zero-order valence-electron chi connectivity index (χ0n) is 13.6. The van der Waals surface area contributed by atoms with Crippen molar-refractivity contribution in [3.63, 3.8) is 0 Å². The molecular weight excluding hydrogens is 331 g/mol. The summed E-state index contributed by atoms with van der Waals surface area (Å²) in [7, 11) is 0. The third-order valence-electron chi connectivity index (χ3n) is 3.97. The Hall–Kier alpha value is -2.81. The van der Waals surface area contributed by atoms with Gasteiger partial charge < -0.3 is 9.64 Å². The van der Waals surface area contributed by atoms with E-state index in [1.165, 1.54) is 4.90 Å². The SMILES string of the molecule is Cc1cnn(C[C@H]2CN(C(=O)c3ccc(F)cc3[N+](=O)[O-])CCO2)c1. The zero-order valence-corrected chi connectivity index (χ0v) is 13.6. The third-order valence-corrected chi connectivity index (χ3v) is 3.97. The predicted molar refractivity (Wildman–Crippen MR) is 85.7 cm³/mol. The highest BCUT2D eigenvalue weighted by Gasteiger charge is 2.30. The smallest absolute Gasteiger partial charge is 0.285 e. The Morgan fingerprint density at radius 2 is 2.32 bits per heavy atom. The maximum absolute atomic E-state index is 13.3. The quantitative estimate of drug-likeness (QED) is 0.620. The molecule has 0 unspecified atom stereocenters. The number of aromatic nitrogens is 2. The summed E-state index contributed by atoms with van der Waals surface area (Å²) in [6.07, 6.45) is 3.33. The van der Waals surface area contributed by atoms with Gasteiger partial charge in [-0.1, -0.05) is 0 Å². The van der Waals surface area contributed by atoms with E-state index >= 15 is 0 Å². The van der Waals surface area contributed by atoms with Gasteiger partial charge in [0.05, 0.1) is 36.4 Å². The normalized spacial score (nSPS) is 17.5. The molecule has 0 bridgehead atoms. The number of morpholine rings is 1. The number of aryl methyl sites for hydroxylation is 1. The van der Waals surface area contributed by atoms with Gasteiger partial charge in [-0.15, -0.1) is 0 Å². The summed E-state index contributed by atoms with van der Waals surface area (Å²) >= 11 is 0. The second-order valence-corrected chi connectivity index (χ2v) is 5.90. The fourth-order valence-electron chi connectivity index (χ4n) is 2.80. The number of carbonyl (C=O) groups is 1. The lowest BCUT2D eigenvalue weighted by Gasteiger charge is -2.32. The number of amides is 1. The van der Waals surface area contributed by atoms with Crippen molar-refractivity contribution >= 4 is 11.6 Å². The largest absolute Gasteiger partial charge is 0.373 e. The average Bonchev–Trinajstić information content (AvgIpc) is 2.99. The molecule has 0 radical (unpaired) electrons. The summed E-state index contributed by atoms with van der Waals surface area (Å²) < 4.78 is 20.6. The van der Waals surface area contributed by atoms with Crippen LogP contribution in [0.1, 0.15) is 15.9 Å². The van der Waals surface area contributed by atoms with E-state index in [1.54, 1.807) is 10.9 Å². The van der Waals surface area contributed by atoms with Crippen molar-refractivity contribution in [2.75, 3.05) is 19.7 Å². The number of halogens is 1. The molecule has 3 rings (SSSR count). The molecule has 1 saturated heterocycles. The van der Waals surface area contributed by atoms with Gasteiger partial charge in [0.1, 0.15) is 11.4 Å². The minimum absolute atomic E-state index is 0.123. The van der Waals surface area contributed by atoms with Crippen LogP contribution in [0.15, 0.2) is 30.6 Å². The maximum atomic E-state index is 13.3. The first-order valence-electron chi connectivity index (χ1n) is 7.78. The van der Waals surface area contributed by atoms with Gasteiger partial charge >= 0.3 is 0 Å². The maximum Gasteiger partial charge on any atom is 0.285 e. The van der Waals surface area contributed by atoms with Crippen molar-refractivity contribution in [3.8, 4) is 0 Å². The Kier molecular flexibility index (Phi) is 4.75. The molecule has 25 heavy (non-hydrogen) atoms. The molecular formula is C16H17FN4O4. The number of hydrogen-bond donors (Lipinski definition) is 0. The first-order valence-corrected chi connectivity index (χ1v) is 7.78. The third kappa shape index (κ3) is 3.82. The van der Waals surface area contributed by atoms with Crippen molar-refractivity contribution in [2.45, 2.75) is 19.6 Å². The molecule has 1 aromatic heterocycles. The molecule has 0 spiro atoms. The van der Waals surface area contributed by atoms with Crippen LogP contribution < -0.4 is 0 Å². The van der Waals surface area contributed by atoms with Crippen LogP contribution in [-0.2, 0) is 11.3 Å². The van der Waals surface area contributed by atoms with Gasteiger partial charge in [0, 0.05) is 19.3 Å². The fraction of sp³-hybridized carbons (Fsp3) is 0.375. The standard InChI is InChI=1S/C16H17FN4O4/c1-11-7-18-20(8-11)10-13-9-19(4-5-25-13)16(22)14-3-2-12(17)6-15(14)21(23)24/h2-3,6-8,13H,4-5,9-10H2,1H3/t13-/m1/s1. The van der Waals surface area contributed by atoms with Gasteiger partial charge in [0.2, 0.25) is 0 Å². The van der Waals surface area contributed by atoms with Crippen molar-refractivity contribution in [2.24, 2.45) is 0 Å². The van der Waals surface area contributed by atoms with E-state index in [9.17, 15) is 19.3 Å². The van der Waals surface area contributed by atoms with E-state index < -0.39 is 22.3 Å². The van der Waals surface area contributed by atoms with E-state index in [0.29, 0.717) is 19.7 Å². The van der Waals surface area contributed by atoms with E-state index in [1.807, 2.05) is 13.1 Å². The lowest BCUT2D eigenvalue weighted by molar-refractivity contribution is -0.385. The van der Waals surface area contributed by atoms with Crippen LogP contribution in [0.3, 0.4) is 0 Å². The minimum atomic E-state index is -0.753. The molecule has 1 fully saturated rings. The topological polar surface area (TPSA) is 90.5 Å². The molecule has 1 amide bonds. The Bertz CT molecular complexity index is 807. The summed E-state index contributed by atoms with van der Waals surface area (Å²) in [6.45, 7) is 3.33. The number of nitro benzene ring substituents is 1. The minimum Gasteiger partial charge on any atom is -0.373 e.